The van der Waals surface area contributed by atoms with E-state index in [9.17, 15) is 0 Å². The molecule has 0 fully saturated rings. The van der Waals surface area contributed by atoms with Crippen LogP contribution in [0.1, 0.15) is 11.5 Å². The fourth-order valence-corrected chi connectivity index (χ4v) is 4.14. The fourth-order valence-electron chi connectivity index (χ4n) is 2.73. The van der Waals surface area contributed by atoms with Gasteiger partial charge in [-0.05, 0) is 26.0 Å². The zero-order valence-electron chi connectivity index (χ0n) is 16.3. The standard InChI is InChI=1S/C18H20N8O2S2/c1-11-13(5-7-27-11)15-21-23-17(25(15)19)29-9-3-4-10-30-18-24-22-16(26(18)20)14-6-8-28-12(14)2/h3-8H,9-10,19-20H2,1-2H3/b4-3+. The van der Waals surface area contributed by atoms with Crippen LogP contribution in [-0.2, 0) is 0 Å². The molecule has 156 valence electrons. The molecule has 0 aliphatic heterocycles. The zero-order chi connectivity index (χ0) is 21.1. The monoisotopic (exact) mass is 444 g/mol. The summed E-state index contributed by atoms with van der Waals surface area (Å²) in [6.45, 7) is 3.72. The highest BCUT2D eigenvalue weighted by Gasteiger charge is 2.16. The first kappa shape index (κ1) is 20.2. The first-order chi connectivity index (χ1) is 14.6. The maximum atomic E-state index is 6.11. The van der Waals surface area contributed by atoms with Gasteiger partial charge < -0.3 is 20.5 Å². The molecule has 4 heterocycles. The van der Waals surface area contributed by atoms with Crippen LogP contribution in [-0.4, -0.2) is 41.3 Å². The van der Waals surface area contributed by atoms with Crippen molar-refractivity contribution in [3.8, 4) is 22.8 Å². The second-order valence-electron chi connectivity index (χ2n) is 6.23. The smallest absolute Gasteiger partial charge is 0.210 e. The summed E-state index contributed by atoms with van der Waals surface area (Å²) in [5, 5.41) is 17.9. The van der Waals surface area contributed by atoms with E-state index in [1.807, 2.05) is 38.1 Å². The molecule has 4 N–H and O–H groups in total. The summed E-state index contributed by atoms with van der Waals surface area (Å²) in [6.07, 6.45) is 7.28. The molecular formula is C18H20N8O2S2. The van der Waals surface area contributed by atoms with Gasteiger partial charge in [0, 0.05) is 11.5 Å². The minimum Gasteiger partial charge on any atom is -0.469 e. The van der Waals surface area contributed by atoms with E-state index in [1.54, 1.807) is 12.5 Å². The molecule has 0 spiro atoms. The van der Waals surface area contributed by atoms with Crippen molar-refractivity contribution in [1.29, 1.82) is 0 Å². The summed E-state index contributed by atoms with van der Waals surface area (Å²) < 4.78 is 13.5. The lowest BCUT2D eigenvalue weighted by atomic mass is 10.2. The highest BCUT2D eigenvalue weighted by atomic mass is 32.2. The Bertz CT molecular complexity index is 1080. The molecule has 0 unspecified atom stereocenters. The van der Waals surface area contributed by atoms with Crippen LogP contribution in [0.5, 0.6) is 0 Å². The Labute approximate surface area is 180 Å². The van der Waals surface area contributed by atoms with Crippen LogP contribution in [0.15, 0.2) is 56.0 Å². The number of thioether (sulfide) groups is 2. The summed E-state index contributed by atoms with van der Waals surface area (Å²) >= 11 is 2.99. The minimum atomic E-state index is 0.578. The van der Waals surface area contributed by atoms with Crippen molar-refractivity contribution in [2.75, 3.05) is 23.2 Å². The van der Waals surface area contributed by atoms with Crippen LogP contribution in [0.3, 0.4) is 0 Å². The lowest BCUT2D eigenvalue weighted by Gasteiger charge is -2.02. The van der Waals surface area contributed by atoms with Crippen molar-refractivity contribution >= 4 is 23.5 Å². The van der Waals surface area contributed by atoms with Crippen LogP contribution in [0, 0.1) is 13.8 Å². The van der Waals surface area contributed by atoms with Crippen molar-refractivity contribution in [2.45, 2.75) is 24.2 Å². The number of nitrogens with two attached hydrogens (primary N) is 2. The quantitative estimate of drug-likeness (QED) is 0.237. The van der Waals surface area contributed by atoms with Crippen molar-refractivity contribution in [3.05, 3.63) is 48.3 Å². The number of rotatable bonds is 8. The van der Waals surface area contributed by atoms with Gasteiger partial charge in [0.1, 0.15) is 11.5 Å². The summed E-state index contributed by atoms with van der Waals surface area (Å²) in [7, 11) is 0. The van der Waals surface area contributed by atoms with E-state index >= 15 is 0 Å². The molecular weight excluding hydrogens is 424 g/mol. The van der Waals surface area contributed by atoms with Gasteiger partial charge >= 0.3 is 0 Å². The third-order valence-electron chi connectivity index (χ3n) is 4.31. The number of aryl methyl sites for hydroxylation is 2. The van der Waals surface area contributed by atoms with E-state index in [2.05, 4.69) is 20.4 Å². The molecule has 0 saturated heterocycles. The average Bonchev–Trinajstić information content (AvgIpc) is 3.49. The highest BCUT2D eigenvalue weighted by Crippen LogP contribution is 2.26. The van der Waals surface area contributed by atoms with Crippen LogP contribution in [0.25, 0.3) is 22.8 Å². The van der Waals surface area contributed by atoms with Crippen molar-refractivity contribution in [3.63, 3.8) is 0 Å². The Hall–Kier alpha value is -3.12. The maximum Gasteiger partial charge on any atom is 0.210 e. The molecule has 10 nitrogen and oxygen atoms in total. The molecule has 0 saturated carbocycles. The minimum absolute atomic E-state index is 0.578. The Kier molecular flexibility index (Phi) is 5.86. The molecule has 4 aromatic rings. The summed E-state index contributed by atoms with van der Waals surface area (Å²) in [5.74, 6) is 16.3. The molecule has 12 heteroatoms. The topological polar surface area (TPSA) is 140 Å². The molecule has 0 atom stereocenters. The average molecular weight is 445 g/mol. The molecule has 0 aliphatic carbocycles. The largest absolute Gasteiger partial charge is 0.469 e. The number of aromatic nitrogens is 6. The molecule has 0 bridgehead atoms. The van der Waals surface area contributed by atoms with E-state index in [0.717, 1.165) is 22.6 Å². The molecule has 30 heavy (non-hydrogen) atoms. The number of nitrogens with zero attached hydrogens (tertiary/aromatic N) is 6. The lowest BCUT2D eigenvalue weighted by molar-refractivity contribution is 0.534. The molecule has 0 amide bonds. The van der Waals surface area contributed by atoms with Crippen molar-refractivity contribution < 1.29 is 8.83 Å². The highest BCUT2D eigenvalue weighted by molar-refractivity contribution is 7.99. The van der Waals surface area contributed by atoms with Crippen molar-refractivity contribution in [2.24, 2.45) is 0 Å². The van der Waals surface area contributed by atoms with E-state index < -0.39 is 0 Å². The van der Waals surface area contributed by atoms with Gasteiger partial charge in [0.05, 0.1) is 23.7 Å². The van der Waals surface area contributed by atoms with Crippen LogP contribution in [0.4, 0.5) is 0 Å². The third-order valence-corrected chi connectivity index (χ3v) is 6.10. The second-order valence-corrected chi connectivity index (χ2v) is 8.20. The Balaban J connectivity index is 1.29. The van der Waals surface area contributed by atoms with E-state index in [0.29, 0.717) is 33.5 Å². The molecule has 0 radical (unpaired) electrons. The third kappa shape index (κ3) is 3.96. The van der Waals surface area contributed by atoms with E-state index in [-0.39, 0.29) is 0 Å². The maximum absolute atomic E-state index is 6.11. The number of hydrogen-bond donors (Lipinski definition) is 2. The molecule has 0 aromatic carbocycles. The van der Waals surface area contributed by atoms with Gasteiger partial charge in [-0.3, -0.25) is 0 Å². The SMILES string of the molecule is Cc1occc1-c1nnc(SC/C=C/CSc2nnc(-c3ccoc3C)n2N)n1N. The van der Waals surface area contributed by atoms with Crippen molar-refractivity contribution in [1.82, 2.24) is 29.7 Å². The van der Waals surface area contributed by atoms with E-state index in [4.69, 9.17) is 20.5 Å². The summed E-state index contributed by atoms with van der Waals surface area (Å²) in [5.41, 5.74) is 1.67. The van der Waals surface area contributed by atoms with Gasteiger partial charge in [-0.25, -0.2) is 9.35 Å². The van der Waals surface area contributed by atoms with Gasteiger partial charge in [0.25, 0.3) is 0 Å². The molecule has 4 aromatic heterocycles. The number of furan rings is 2. The first-order valence-electron chi connectivity index (χ1n) is 8.96. The Morgan fingerprint density at radius 1 is 0.800 bits per heavy atom. The van der Waals surface area contributed by atoms with Gasteiger partial charge in [-0.2, -0.15) is 0 Å². The van der Waals surface area contributed by atoms with Crippen LogP contribution < -0.4 is 11.7 Å². The van der Waals surface area contributed by atoms with Gasteiger partial charge in [-0.1, -0.05) is 35.7 Å². The summed E-state index contributed by atoms with van der Waals surface area (Å²) in [6, 6.07) is 3.65. The second kappa shape index (κ2) is 8.71. The lowest BCUT2D eigenvalue weighted by Crippen LogP contribution is -2.11. The predicted octanol–water partition coefficient (Wildman–Crippen LogP) is 2.87. The number of nitrogen functional groups attached to an aromatic ring is 2. The molecule has 4 rings (SSSR count). The van der Waals surface area contributed by atoms with Gasteiger partial charge in [-0.15, -0.1) is 20.4 Å². The first-order valence-corrected chi connectivity index (χ1v) is 10.9. The molecule has 0 aliphatic rings. The van der Waals surface area contributed by atoms with Gasteiger partial charge in [0.2, 0.25) is 10.3 Å². The number of hydrogen-bond acceptors (Lipinski definition) is 10. The predicted molar refractivity (Wildman–Crippen MR) is 116 cm³/mol. The normalized spacial score (nSPS) is 11.7. The van der Waals surface area contributed by atoms with Crippen LogP contribution in [0.2, 0.25) is 0 Å². The van der Waals surface area contributed by atoms with E-state index in [1.165, 1.54) is 32.9 Å². The van der Waals surface area contributed by atoms with Gasteiger partial charge in [0.15, 0.2) is 11.6 Å². The Morgan fingerprint density at radius 3 is 1.60 bits per heavy atom. The Morgan fingerprint density at radius 2 is 1.23 bits per heavy atom. The zero-order valence-corrected chi connectivity index (χ0v) is 18.0. The summed E-state index contributed by atoms with van der Waals surface area (Å²) in [4.78, 5) is 0. The fraction of sp³-hybridized carbons (Fsp3) is 0.222. The van der Waals surface area contributed by atoms with Crippen LogP contribution >= 0.6 is 23.5 Å².